The molecule has 2 rings (SSSR count). The van der Waals surface area contributed by atoms with Gasteiger partial charge in [-0.1, -0.05) is 32.4 Å². The monoisotopic (exact) mass is 401 g/mol. The molecule has 0 bridgehead atoms. The minimum atomic E-state index is -1.82. The van der Waals surface area contributed by atoms with Crippen molar-refractivity contribution in [2.45, 2.75) is 64.0 Å². The van der Waals surface area contributed by atoms with Crippen LogP contribution in [0.1, 0.15) is 39.8 Å². The fourth-order valence-corrected chi connectivity index (χ4v) is 4.36. The summed E-state index contributed by atoms with van der Waals surface area (Å²) in [5.74, 6) is 0.675. The number of methoxy groups -OCH3 is 1. The van der Waals surface area contributed by atoms with Crippen LogP contribution in [0, 0.1) is 0 Å². The van der Waals surface area contributed by atoms with Gasteiger partial charge in [-0.15, -0.1) is 0 Å². The molecule has 1 aromatic rings. The normalized spacial score (nSPS) is 22.5. The molecule has 148 valence electrons. The number of aromatic nitrogens is 1. The summed E-state index contributed by atoms with van der Waals surface area (Å²) < 4.78 is 23.5. The van der Waals surface area contributed by atoms with Crippen molar-refractivity contribution >= 4 is 19.9 Å². The summed E-state index contributed by atoms with van der Waals surface area (Å²) in [6.45, 7) is 14.8. The summed E-state index contributed by atoms with van der Waals surface area (Å²) in [7, 11) is -0.148. The van der Waals surface area contributed by atoms with E-state index < -0.39 is 13.9 Å². The van der Waals surface area contributed by atoms with E-state index in [2.05, 4.69) is 38.8 Å². The van der Waals surface area contributed by atoms with Gasteiger partial charge in [0.05, 0.1) is 18.4 Å². The maximum Gasteiger partial charge on any atom is 0.192 e. The van der Waals surface area contributed by atoms with Gasteiger partial charge in [0.15, 0.2) is 8.32 Å². The lowest BCUT2D eigenvalue weighted by Crippen LogP contribution is -2.44. The molecule has 0 aliphatic carbocycles. The third kappa shape index (κ3) is 4.98. The third-order valence-corrected chi connectivity index (χ3v) is 10.2. The Balaban J connectivity index is 2.06. The molecular weight excluding hydrogens is 370 g/mol. The highest BCUT2D eigenvalue weighted by Crippen LogP contribution is 2.38. The topological polar surface area (TPSA) is 49.8 Å². The molecule has 0 aromatic carbocycles. The number of nitrogens with zero attached hydrogens (tertiary/aromatic N) is 1. The zero-order valence-electron chi connectivity index (χ0n) is 17.0. The van der Waals surface area contributed by atoms with Gasteiger partial charge in [-0.3, -0.25) is 0 Å². The Morgan fingerprint density at radius 1 is 1.35 bits per heavy atom. The summed E-state index contributed by atoms with van der Waals surface area (Å²) >= 11 is 6.22. The number of hydrogen-bond donors (Lipinski definition) is 0. The van der Waals surface area contributed by atoms with Crippen molar-refractivity contribution in [1.29, 1.82) is 0 Å². The first-order valence-electron chi connectivity index (χ1n) is 9.11. The molecule has 2 atom stereocenters. The van der Waals surface area contributed by atoms with Crippen molar-refractivity contribution in [2.24, 2.45) is 0 Å². The van der Waals surface area contributed by atoms with Crippen LogP contribution >= 0.6 is 11.6 Å². The smallest absolute Gasteiger partial charge is 0.192 e. The highest BCUT2D eigenvalue weighted by Gasteiger charge is 2.40. The molecular formula is C19H32ClNO4Si. The molecule has 0 amide bonds. The van der Waals surface area contributed by atoms with Gasteiger partial charge in [0, 0.05) is 32.3 Å². The lowest BCUT2D eigenvalue weighted by Gasteiger charge is -2.38. The molecule has 1 aliphatic rings. The largest absolute Gasteiger partial charge is 0.491 e. The molecule has 1 aliphatic heterocycles. The predicted octanol–water partition coefficient (Wildman–Crippen LogP) is 4.79. The minimum Gasteiger partial charge on any atom is -0.491 e. The quantitative estimate of drug-likeness (QED) is 0.485. The van der Waals surface area contributed by atoms with E-state index in [1.165, 1.54) is 0 Å². The van der Waals surface area contributed by atoms with Crippen molar-refractivity contribution in [2.75, 3.05) is 26.9 Å². The van der Waals surface area contributed by atoms with Crippen molar-refractivity contribution < 1.29 is 18.6 Å². The zero-order chi connectivity index (χ0) is 19.6. The molecule has 2 heterocycles. The molecule has 7 heteroatoms. The molecule has 0 radical (unpaired) electrons. The van der Waals surface area contributed by atoms with E-state index in [0.717, 1.165) is 12.1 Å². The number of pyridine rings is 1. The first-order valence-corrected chi connectivity index (χ1v) is 12.4. The highest BCUT2D eigenvalue weighted by molar-refractivity contribution is 6.74. The van der Waals surface area contributed by atoms with Gasteiger partial charge in [0.2, 0.25) is 0 Å². The Hall–Kier alpha value is -0.663. The molecule has 26 heavy (non-hydrogen) atoms. The summed E-state index contributed by atoms with van der Waals surface area (Å²) in [6, 6.07) is 3.62. The van der Waals surface area contributed by atoms with Crippen molar-refractivity contribution in [3.8, 4) is 5.75 Å². The van der Waals surface area contributed by atoms with E-state index in [0.29, 0.717) is 30.7 Å². The Labute approximate surface area is 163 Å². The number of ether oxygens (including phenoxy) is 3. The Kier molecular flexibility index (Phi) is 6.78. The average Bonchev–Trinajstić information content (AvgIpc) is 3.01. The van der Waals surface area contributed by atoms with Gasteiger partial charge < -0.3 is 18.6 Å². The van der Waals surface area contributed by atoms with E-state index in [4.69, 9.17) is 30.2 Å². The maximum atomic E-state index is 6.35. The van der Waals surface area contributed by atoms with E-state index in [9.17, 15) is 0 Å². The van der Waals surface area contributed by atoms with Crippen LogP contribution in [0.3, 0.4) is 0 Å². The molecule has 5 nitrogen and oxygen atoms in total. The molecule has 0 unspecified atom stereocenters. The van der Waals surface area contributed by atoms with Crippen LogP contribution in [0.15, 0.2) is 12.1 Å². The lowest BCUT2D eigenvalue weighted by molar-refractivity contribution is -0.0247. The Bertz CT molecular complexity index is 612. The summed E-state index contributed by atoms with van der Waals surface area (Å²) in [5, 5.41) is 0.556. The second-order valence-electron chi connectivity index (χ2n) is 8.51. The van der Waals surface area contributed by atoms with E-state index >= 15 is 0 Å². The number of halogens is 1. The zero-order valence-corrected chi connectivity index (χ0v) is 18.8. The fraction of sp³-hybridized carbons (Fsp3) is 0.737. The van der Waals surface area contributed by atoms with Crippen LogP contribution in [0.4, 0.5) is 0 Å². The average molecular weight is 402 g/mol. The molecule has 0 spiro atoms. The molecule has 1 aromatic heterocycles. The first kappa shape index (κ1) is 21.6. The van der Waals surface area contributed by atoms with Crippen molar-refractivity contribution in [3.05, 3.63) is 23.0 Å². The first-order chi connectivity index (χ1) is 12.0. The summed E-state index contributed by atoms with van der Waals surface area (Å²) in [5.41, 5.74) is 0.199. The maximum absolute atomic E-state index is 6.35. The SMILES string of the molecule is CO[C@@]1(c2cc(OC[C@H](C)O[Si](C)(C)C(C)(C)C)cc(Cl)n2)CCOC1. The predicted molar refractivity (Wildman–Crippen MR) is 107 cm³/mol. The van der Waals surface area contributed by atoms with Gasteiger partial charge in [-0.25, -0.2) is 4.98 Å². The Morgan fingerprint density at radius 3 is 2.58 bits per heavy atom. The third-order valence-electron chi connectivity index (χ3n) is 5.40. The van der Waals surface area contributed by atoms with Gasteiger partial charge in [0.25, 0.3) is 0 Å². The highest BCUT2D eigenvalue weighted by atomic mass is 35.5. The van der Waals surface area contributed by atoms with Crippen LogP contribution in [0.5, 0.6) is 5.75 Å². The second-order valence-corrected chi connectivity index (χ2v) is 13.7. The minimum absolute atomic E-state index is 0.00233. The van der Waals surface area contributed by atoms with E-state index in [1.54, 1.807) is 13.2 Å². The summed E-state index contributed by atoms with van der Waals surface area (Å²) in [4.78, 5) is 4.43. The van der Waals surface area contributed by atoms with Crippen molar-refractivity contribution in [3.63, 3.8) is 0 Å². The standard InChI is InChI=1S/C19H32ClNO4Si/c1-14(25-26(6,7)18(2,3)4)12-24-15-10-16(21-17(20)11-15)19(22-5)8-9-23-13-19/h10-11,14H,8-9,12-13H2,1-7H3/t14-,19-/m0/s1. The molecule has 1 fully saturated rings. The molecule has 0 saturated carbocycles. The van der Waals surface area contributed by atoms with Gasteiger partial charge in [0.1, 0.15) is 23.1 Å². The van der Waals surface area contributed by atoms with Gasteiger partial charge in [-0.05, 0) is 25.1 Å². The molecule has 1 saturated heterocycles. The number of hydrogen-bond acceptors (Lipinski definition) is 5. The second kappa shape index (κ2) is 8.15. The fourth-order valence-electron chi connectivity index (χ4n) is 2.73. The lowest BCUT2D eigenvalue weighted by atomic mass is 9.98. The van der Waals surface area contributed by atoms with Crippen LogP contribution in [0.25, 0.3) is 0 Å². The summed E-state index contributed by atoms with van der Waals surface area (Å²) in [6.07, 6.45) is 0.749. The number of rotatable bonds is 7. The van der Waals surface area contributed by atoms with Crippen molar-refractivity contribution in [1.82, 2.24) is 4.98 Å². The van der Waals surface area contributed by atoms with Crippen LogP contribution < -0.4 is 4.74 Å². The van der Waals surface area contributed by atoms with Crippen LogP contribution in [-0.2, 0) is 19.5 Å². The molecule has 0 N–H and O–H groups in total. The van der Waals surface area contributed by atoms with E-state index in [1.807, 2.05) is 13.0 Å². The Morgan fingerprint density at radius 2 is 2.04 bits per heavy atom. The van der Waals surface area contributed by atoms with Crippen LogP contribution in [-0.4, -0.2) is 46.3 Å². The van der Waals surface area contributed by atoms with Gasteiger partial charge in [-0.2, -0.15) is 0 Å². The van der Waals surface area contributed by atoms with E-state index in [-0.39, 0.29) is 11.1 Å². The van der Waals surface area contributed by atoms with Crippen LogP contribution in [0.2, 0.25) is 23.3 Å². The van der Waals surface area contributed by atoms with Gasteiger partial charge >= 0.3 is 0 Å².